The summed E-state index contributed by atoms with van der Waals surface area (Å²) in [4.78, 5) is 4.18. The first-order valence-electron chi connectivity index (χ1n) is 6.62. The Morgan fingerprint density at radius 2 is 2.00 bits per heavy atom. The summed E-state index contributed by atoms with van der Waals surface area (Å²) in [5.41, 5.74) is 2.23. The summed E-state index contributed by atoms with van der Waals surface area (Å²) in [7, 11) is 0. The van der Waals surface area contributed by atoms with Crippen molar-refractivity contribution in [1.29, 1.82) is 0 Å². The van der Waals surface area contributed by atoms with Gasteiger partial charge in [0.1, 0.15) is 0 Å². The molecule has 0 aliphatic carbocycles. The van der Waals surface area contributed by atoms with Gasteiger partial charge in [-0.1, -0.05) is 30.3 Å². The second kappa shape index (κ2) is 6.50. The summed E-state index contributed by atoms with van der Waals surface area (Å²) in [5, 5.41) is 13.0. The Morgan fingerprint density at radius 3 is 2.63 bits per heavy atom. The third kappa shape index (κ3) is 3.43. The minimum atomic E-state index is -0.0925. The lowest BCUT2D eigenvalue weighted by atomic mass is 10.1. The van der Waals surface area contributed by atoms with Crippen molar-refractivity contribution < 1.29 is 5.11 Å². The molecule has 1 atom stereocenters. The number of nitrogens with one attached hydrogen (secondary N) is 1. The van der Waals surface area contributed by atoms with E-state index >= 15 is 0 Å². The molecule has 0 fully saturated rings. The highest BCUT2D eigenvalue weighted by Gasteiger charge is 2.15. The van der Waals surface area contributed by atoms with Gasteiger partial charge in [0, 0.05) is 18.8 Å². The minimum Gasteiger partial charge on any atom is -0.394 e. The SMILES string of the molecule is CC(C)n1cncc1C(CO)NCc1ccccc1. The summed E-state index contributed by atoms with van der Waals surface area (Å²) < 4.78 is 2.08. The molecule has 0 amide bonds. The molecular formula is C15H21N3O. The number of rotatable bonds is 6. The van der Waals surface area contributed by atoms with Crippen molar-refractivity contribution in [3.63, 3.8) is 0 Å². The first kappa shape index (κ1) is 13.8. The molecule has 19 heavy (non-hydrogen) atoms. The fourth-order valence-corrected chi connectivity index (χ4v) is 2.12. The third-order valence-electron chi connectivity index (χ3n) is 3.19. The molecule has 0 spiro atoms. The Morgan fingerprint density at radius 1 is 1.26 bits per heavy atom. The summed E-state index contributed by atoms with van der Waals surface area (Å²) in [6, 6.07) is 10.4. The van der Waals surface area contributed by atoms with Gasteiger partial charge < -0.3 is 15.0 Å². The van der Waals surface area contributed by atoms with Gasteiger partial charge in [-0.3, -0.25) is 0 Å². The van der Waals surface area contributed by atoms with Crippen LogP contribution in [0, 0.1) is 0 Å². The van der Waals surface area contributed by atoms with E-state index in [9.17, 15) is 5.11 Å². The number of aliphatic hydroxyl groups is 1. The summed E-state index contributed by atoms with van der Waals surface area (Å²) in [6.07, 6.45) is 3.63. The van der Waals surface area contributed by atoms with Crippen molar-refractivity contribution in [2.45, 2.75) is 32.5 Å². The van der Waals surface area contributed by atoms with E-state index in [1.807, 2.05) is 30.7 Å². The lowest BCUT2D eigenvalue weighted by Crippen LogP contribution is -2.26. The van der Waals surface area contributed by atoms with E-state index < -0.39 is 0 Å². The summed E-state index contributed by atoms with van der Waals surface area (Å²) in [6.45, 7) is 5.01. The zero-order valence-corrected chi connectivity index (χ0v) is 11.5. The Hall–Kier alpha value is -1.65. The molecule has 0 aliphatic heterocycles. The monoisotopic (exact) mass is 259 g/mol. The van der Waals surface area contributed by atoms with Crippen molar-refractivity contribution in [3.8, 4) is 0 Å². The first-order valence-corrected chi connectivity index (χ1v) is 6.62. The summed E-state index contributed by atoms with van der Waals surface area (Å²) >= 11 is 0. The molecule has 2 N–H and O–H groups in total. The molecule has 0 radical (unpaired) electrons. The van der Waals surface area contributed by atoms with Crippen LogP contribution in [0.3, 0.4) is 0 Å². The van der Waals surface area contributed by atoms with E-state index in [-0.39, 0.29) is 12.6 Å². The lowest BCUT2D eigenvalue weighted by Gasteiger charge is -2.20. The number of hydrogen-bond donors (Lipinski definition) is 2. The van der Waals surface area contributed by atoms with Crippen LogP contribution < -0.4 is 5.32 Å². The van der Waals surface area contributed by atoms with Crippen LogP contribution in [-0.4, -0.2) is 21.3 Å². The van der Waals surface area contributed by atoms with Crippen LogP contribution in [0.15, 0.2) is 42.9 Å². The Kier molecular flexibility index (Phi) is 4.71. The molecule has 102 valence electrons. The molecule has 4 nitrogen and oxygen atoms in total. The predicted molar refractivity (Wildman–Crippen MR) is 75.7 cm³/mol. The molecule has 0 aliphatic rings. The van der Waals surface area contributed by atoms with Crippen LogP contribution in [0.4, 0.5) is 0 Å². The van der Waals surface area contributed by atoms with E-state index in [0.717, 1.165) is 12.2 Å². The molecule has 1 unspecified atom stereocenters. The molecule has 1 aromatic heterocycles. The maximum atomic E-state index is 9.58. The first-order chi connectivity index (χ1) is 9.22. The molecular weight excluding hydrogens is 238 g/mol. The smallest absolute Gasteiger partial charge is 0.0951 e. The molecule has 4 heteroatoms. The molecule has 2 aromatic rings. The lowest BCUT2D eigenvalue weighted by molar-refractivity contribution is 0.237. The molecule has 0 bridgehead atoms. The van der Waals surface area contributed by atoms with Gasteiger partial charge in [-0.25, -0.2) is 4.98 Å². The normalized spacial score (nSPS) is 12.8. The number of benzene rings is 1. The zero-order chi connectivity index (χ0) is 13.7. The maximum Gasteiger partial charge on any atom is 0.0951 e. The number of aliphatic hydroxyl groups excluding tert-OH is 1. The number of imidazole rings is 1. The quantitative estimate of drug-likeness (QED) is 0.837. The van der Waals surface area contributed by atoms with E-state index in [1.54, 1.807) is 0 Å². The average Bonchev–Trinajstić information content (AvgIpc) is 2.90. The third-order valence-corrected chi connectivity index (χ3v) is 3.19. The molecule has 2 rings (SSSR count). The molecule has 0 saturated carbocycles. The van der Waals surface area contributed by atoms with Crippen LogP contribution in [0.25, 0.3) is 0 Å². The van der Waals surface area contributed by atoms with Gasteiger partial charge in [0.25, 0.3) is 0 Å². The minimum absolute atomic E-state index is 0.0608. The fraction of sp³-hybridized carbons (Fsp3) is 0.400. The molecule has 1 heterocycles. The van der Waals surface area contributed by atoms with E-state index in [0.29, 0.717) is 6.04 Å². The highest BCUT2D eigenvalue weighted by molar-refractivity contribution is 5.15. The largest absolute Gasteiger partial charge is 0.394 e. The van der Waals surface area contributed by atoms with Crippen molar-refractivity contribution in [2.24, 2.45) is 0 Å². The van der Waals surface area contributed by atoms with Gasteiger partial charge in [-0.2, -0.15) is 0 Å². The second-order valence-corrected chi connectivity index (χ2v) is 4.92. The van der Waals surface area contributed by atoms with Gasteiger partial charge in [-0.05, 0) is 19.4 Å². The predicted octanol–water partition coefficient (Wildman–Crippen LogP) is 2.29. The number of nitrogens with zero attached hydrogens (tertiary/aromatic N) is 2. The Balaban J connectivity index is 2.06. The highest BCUT2D eigenvalue weighted by atomic mass is 16.3. The van der Waals surface area contributed by atoms with Crippen molar-refractivity contribution in [2.75, 3.05) is 6.61 Å². The van der Waals surface area contributed by atoms with Gasteiger partial charge >= 0.3 is 0 Å². The number of aromatic nitrogens is 2. The van der Waals surface area contributed by atoms with Crippen LogP contribution in [0.5, 0.6) is 0 Å². The van der Waals surface area contributed by atoms with Gasteiger partial charge in [0.05, 0.1) is 24.7 Å². The maximum absolute atomic E-state index is 9.58. The van der Waals surface area contributed by atoms with E-state index in [2.05, 4.69) is 40.8 Å². The number of hydrogen-bond acceptors (Lipinski definition) is 3. The standard InChI is InChI=1S/C15H21N3O/c1-12(2)18-11-16-9-15(18)14(10-19)17-8-13-6-4-3-5-7-13/h3-7,9,11-12,14,17,19H,8,10H2,1-2H3. The van der Waals surface area contributed by atoms with Crippen molar-refractivity contribution in [3.05, 3.63) is 54.1 Å². The van der Waals surface area contributed by atoms with Crippen molar-refractivity contribution in [1.82, 2.24) is 14.9 Å². The Bertz CT molecular complexity index is 493. The summed E-state index contributed by atoms with van der Waals surface area (Å²) in [5.74, 6) is 0. The van der Waals surface area contributed by atoms with Crippen LogP contribution in [-0.2, 0) is 6.54 Å². The van der Waals surface area contributed by atoms with Crippen LogP contribution in [0.1, 0.15) is 37.2 Å². The van der Waals surface area contributed by atoms with Gasteiger partial charge in [0.15, 0.2) is 0 Å². The highest BCUT2D eigenvalue weighted by Crippen LogP contribution is 2.17. The fourth-order valence-electron chi connectivity index (χ4n) is 2.12. The van der Waals surface area contributed by atoms with Gasteiger partial charge in [-0.15, -0.1) is 0 Å². The molecule has 0 saturated heterocycles. The average molecular weight is 259 g/mol. The van der Waals surface area contributed by atoms with E-state index in [4.69, 9.17) is 0 Å². The van der Waals surface area contributed by atoms with Crippen molar-refractivity contribution >= 4 is 0 Å². The zero-order valence-electron chi connectivity index (χ0n) is 11.5. The second-order valence-electron chi connectivity index (χ2n) is 4.92. The topological polar surface area (TPSA) is 50.1 Å². The van der Waals surface area contributed by atoms with Gasteiger partial charge in [0.2, 0.25) is 0 Å². The van der Waals surface area contributed by atoms with Crippen LogP contribution >= 0.6 is 0 Å². The Labute approximate surface area is 114 Å². The van der Waals surface area contributed by atoms with E-state index in [1.165, 1.54) is 5.56 Å². The van der Waals surface area contributed by atoms with Crippen LogP contribution in [0.2, 0.25) is 0 Å². The molecule has 1 aromatic carbocycles.